The molecule has 1 heterocycles. The van der Waals surface area contributed by atoms with Gasteiger partial charge in [0.15, 0.2) is 0 Å². The Labute approximate surface area is 249 Å². The summed E-state index contributed by atoms with van der Waals surface area (Å²) in [5, 5.41) is 28.7. The molecule has 2 bridgehead atoms. The molecule has 4 N–H and O–H groups in total. The Morgan fingerprint density at radius 3 is 2.38 bits per heavy atom. The third kappa shape index (κ3) is 5.87. The highest BCUT2D eigenvalue weighted by Gasteiger charge is 2.57. The van der Waals surface area contributed by atoms with Crippen molar-refractivity contribution < 1.29 is 24.6 Å². The number of hydrogen-bond donors (Lipinski definition) is 4. The zero-order valence-corrected chi connectivity index (χ0v) is 25.7. The number of rotatable bonds is 9. The van der Waals surface area contributed by atoms with Gasteiger partial charge in [0.25, 0.3) is 5.91 Å². The van der Waals surface area contributed by atoms with Gasteiger partial charge in [-0.05, 0) is 91.7 Å². The summed E-state index contributed by atoms with van der Waals surface area (Å²) >= 11 is 0. The third-order valence-electron chi connectivity index (χ3n) is 10.2. The van der Waals surface area contributed by atoms with E-state index in [4.69, 9.17) is 4.84 Å². The van der Waals surface area contributed by atoms with Crippen molar-refractivity contribution in [3.05, 3.63) is 59.7 Å². The fraction of sp³-hybridized carbons (Fsp3) is 0.588. The van der Waals surface area contributed by atoms with Crippen LogP contribution in [0.4, 0.5) is 0 Å². The van der Waals surface area contributed by atoms with Gasteiger partial charge in [-0.3, -0.25) is 14.4 Å². The summed E-state index contributed by atoms with van der Waals surface area (Å²) in [6.07, 6.45) is 0.661. The maximum atomic E-state index is 13.9. The molecule has 8 heteroatoms. The highest BCUT2D eigenvalue weighted by molar-refractivity contribution is 5.95. The number of carbonyl (C=O) groups is 2. The maximum absolute atomic E-state index is 13.9. The molecule has 4 fully saturated rings. The minimum atomic E-state index is -0.843. The first-order valence-corrected chi connectivity index (χ1v) is 15.4. The van der Waals surface area contributed by atoms with E-state index in [0.717, 1.165) is 23.1 Å². The third-order valence-corrected chi connectivity index (χ3v) is 10.2. The van der Waals surface area contributed by atoms with E-state index in [2.05, 4.69) is 31.4 Å². The minimum Gasteiger partial charge on any atom is -0.394 e. The smallest absolute Gasteiger partial charge is 0.251 e. The lowest BCUT2D eigenvalue weighted by Gasteiger charge is -2.62. The van der Waals surface area contributed by atoms with Crippen LogP contribution in [0.25, 0.3) is 11.1 Å². The van der Waals surface area contributed by atoms with Crippen LogP contribution in [0.3, 0.4) is 0 Å². The summed E-state index contributed by atoms with van der Waals surface area (Å²) in [5.74, 6) is 0.725. The summed E-state index contributed by atoms with van der Waals surface area (Å²) in [6.45, 7) is 12.5. The number of aliphatic hydroxyl groups is 2. The maximum Gasteiger partial charge on any atom is 0.251 e. The van der Waals surface area contributed by atoms with Crippen LogP contribution in [-0.4, -0.2) is 64.0 Å². The van der Waals surface area contributed by atoms with Crippen molar-refractivity contribution in [2.45, 2.75) is 91.3 Å². The zero-order chi connectivity index (χ0) is 30.3. The molecule has 2 aromatic carbocycles. The van der Waals surface area contributed by atoms with Gasteiger partial charge in [0.2, 0.25) is 5.91 Å². The molecule has 228 valence electrons. The van der Waals surface area contributed by atoms with Gasteiger partial charge in [-0.25, -0.2) is 0 Å². The van der Waals surface area contributed by atoms with Crippen LogP contribution in [0.2, 0.25) is 0 Å². The van der Waals surface area contributed by atoms with Crippen LogP contribution in [0.5, 0.6) is 0 Å². The Morgan fingerprint density at radius 2 is 1.76 bits per heavy atom. The standard InChI is InChI=1S/C34H47N3O5/c1-19(2)35-32(40)25-12-8-11-24(14-25)23-10-7-9-22(13-23)17-37-31(30(21(4)39)29(18-38)42-37)33(41)36-28-16-26-15-27(20(28)3)34(26,5)6/h7-14,19-21,26-31,38-39H,15-18H2,1-6H3,(H,35,40)(H,36,41)/t20-,21-,26+,27-,28-,29-,30+,31-/m0/s1. The fourth-order valence-corrected chi connectivity index (χ4v) is 7.70. The Kier molecular flexibility index (Phi) is 8.82. The van der Waals surface area contributed by atoms with Crippen LogP contribution < -0.4 is 10.6 Å². The lowest BCUT2D eigenvalue weighted by Crippen LogP contribution is -2.62. The van der Waals surface area contributed by atoms with E-state index in [1.165, 1.54) is 6.42 Å². The van der Waals surface area contributed by atoms with E-state index in [-0.39, 0.29) is 30.5 Å². The van der Waals surface area contributed by atoms with Crippen molar-refractivity contribution in [1.82, 2.24) is 15.7 Å². The second-order valence-electron chi connectivity index (χ2n) is 13.6. The second-order valence-corrected chi connectivity index (χ2v) is 13.6. The van der Waals surface area contributed by atoms with Crippen molar-refractivity contribution in [3.8, 4) is 11.1 Å². The number of nitrogens with one attached hydrogen (secondary N) is 2. The average molecular weight is 578 g/mol. The van der Waals surface area contributed by atoms with Crippen LogP contribution in [0, 0.1) is 29.1 Å². The van der Waals surface area contributed by atoms with Crippen molar-refractivity contribution in [2.24, 2.45) is 29.1 Å². The van der Waals surface area contributed by atoms with Crippen molar-refractivity contribution in [2.75, 3.05) is 6.61 Å². The minimum absolute atomic E-state index is 0.0437. The number of benzene rings is 2. The summed E-state index contributed by atoms with van der Waals surface area (Å²) in [7, 11) is 0. The van der Waals surface area contributed by atoms with Crippen LogP contribution >= 0.6 is 0 Å². The molecule has 0 aromatic heterocycles. The van der Waals surface area contributed by atoms with E-state index >= 15 is 0 Å². The Hall–Kier alpha value is -2.78. The van der Waals surface area contributed by atoms with Gasteiger partial charge in [0, 0.05) is 23.6 Å². The van der Waals surface area contributed by atoms with Gasteiger partial charge in [-0.1, -0.05) is 51.1 Å². The molecule has 1 saturated heterocycles. The summed E-state index contributed by atoms with van der Waals surface area (Å²) in [4.78, 5) is 32.6. The quantitative estimate of drug-likeness (QED) is 0.356. The van der Waals surface area contributed by atoms with Crippen LogP contribution in [-0.2, 0) is 16.2 Å². The second kappa shape index (κ2) is 12.1. The number of amides is 2. The van der Waals surface area contributed by atoms with Gasteiger partial charge in [-0.2, -0.15) is 5.06 Å². The predicted molar refractivity (Wildman–Crippen MR) is 162 cm³/mol. The summed E-state index contributed by atoms with van der Waals surface area (Å²) in [5.41, 5.74) is 3.67. The number of hydrogen-bond acceptors (Lipinski definition) is 6. The number of fused-ring (bicyclic) bond motifs is 2. The molecule has 0 unspecified atom stereocenters. The molecule has 3 aliphatic carbocycles. The largest absolute Gasteiger partial charge is 0.394 e. The first kappa shape index (κ1) is 30.7. The molecule has 0 radical (unpaired) electrons. The van der Waals surface area contributed by atoms with Gasteiger partial charge >= 0.3 is 0 Å². The average Bonchev–Trinajstić information content (AvgIpc) is 3.32. The van der Waals surface area contributed by atoms with E-state index in [1.807, 2.05) is 56.3 Å². The molecule has 8 nitrogen and oxygen atoms in total. The van der Waals surface area contributed by atoms with Gasteiger partial charge in [-0.15, -0.1) is 0 Å². The molecule has 42 heavy (non-hydrogen) atoms. The van der Waals surface area contributed by atoms with Crippen LogP contribution in [0.1, 0.15) is 70.3 Å². The molecule has 6 rings (SSSR count). The summed E-state index contributed by atoms with van der Waals surface area (Å²) in [6, 6.07) is 14.8. The monoisotopic (exact) mass is 577 g/mol. The molecular formula is C34H47N3O5. The highest BCUT2D eigenvalue weighted by Crippen LogP contribution is 2.61. The SMILES string of the molecule is CC(C)NC(=O)c1cccc(-c2cccc(CN3O[C@@H](CO)[C@@H]([C@H](C)O)[C@H]3C(=O)N[C@H]3C[C@H]4C[C@@H]([C@@H]3C)C4(C)C)c2)c1. The Balaban J connectivity index is 1.36. The van der Waals surface area contributed by atoms with Gasteiger partial charge in [0.1, 0.15) is 12.1 Å². The van der Waals surface area contributed by atoms with Crippen molar-refractivity contribution in [3.63, 3.8) is 0 Å². The number of carbonyl (C=O) groups excluding carboxylic acids is 2. The fourth-order valence-electron chi connectivity index (χ4n) is 7.70. The molecule has 1 aliphatic heterocycles. The van der Waals surface area contributed by atoms with E-state index in [0.29, 0.717) is 35.3 Å². The van der Waals surface area contributed by atoms with Gasteiger partial charge in [0.05, 0.1) is 19.3 Å². The van der Waals surface area contributed by atoms with Crippen molar-refractivity contribution in [1.29, 1.82) is 0 Å². The topological polar surface area (TPSA) is 111 Å². The normalized spacial score (nSPS) is 30.9. The molecule has 8 atom stereocenters. The first-order chi connectivity index (χ1) is 19.9. The Bertz CT molecular complexity index is 1290. The lowest BCUT2D eigenvalue weighted by molar-refractivity contribution is -0.183. The van der Waals surface area contributed by atoms with Gasteiger partial charge < -0.3 is 20.8 Å². The van der Waals surface area contributed by atoms with Crippen LogP contribution in [0.15, 0.2) is 48.5 Å². The molecule has 4 aliphatic rings. The van der Waals surface area contributed by atoms with E-state index in [9.17, 15) is 19.8 Å². The zero-order valence-electron chi connectivity index (χ0n) is 25.7. The number of aliphatic hydroxyl groups excluding tert-OH is 2. The molecule has 2 amide bonds. The number of hydroxylamine groups is 2. The molecule has 3 saturated carbocycles. The molecular weight excluding hydrogens is 530 g/mol. The lowest BCUT2D eigenvalue weighted by atomic mass is 9.45. The van der Waals surface area contributed by atoms with E-state index < -0.39 is 24.2 Å². The first-order valence-electron chi connectivity index (χ1n) is 15.4. The Morgan fingerprint density at radius 1 is 1.07 bits per heavy atom. The molecule has 2 aromatic rings. The highest BCUT2D eigenvalue weighted by atomic mass is 16.7. The number of nitrogens with zero attached hydrogens (tertiary/aromatic N) is 1. The molecule has 0 spiro atoms. The summed E-state index contributed by atoms with van der Waals surface area (Å²) < 4.78 is 0. The predicted octanol–water partition coefficient (Wildman–Crippen LogP) is 4.15. The van der Waals surface area contributed by atoms with Crippen molar-refractivity contribution >= 4 is 11.8 Å². The van der Waals surface area contributed by atoms with E-state index in [1.54, 1.807) is 18.1 Å².